The summed E-state index contributed by atoms with van der Waals surface area (Å²) >= 11 is 0. The summed E-state index contributed by atoms with van der Waals surface area (Å²) in [6.45, 7) is 0.0907. The Morgan fingerprint density at radius 2 is 2.08 bits per heavy atom. The molecule has 0 radical (unpaired) electrons. The average molecular weight is 349 g/mol. The normalized spacial score (nSPS) is 19.0. The quantitative estimate of drug-likeness (QED) is 0.694. The number of amides is 1. The van der Waals surface area contributed by atoms with Crippen molar-refractivity contribution in [2.75, 3.05) is 6.61 Å². The monoisotopic (exact) mass is 349 g/mol. The summed E-state index contributed by atoms with van der Waals surface area (Å²) in [6, 6.07) is 14.7. The molecular weight excluding hydrogens is 330 g/mol. The van der Waals surface area contributed by atoms with Gasteiger partial charge < -0.3 is 14.8 Å². The van der Waals surface area contributed by atoms with Crippen LogP contribution >= 0.6 is 0 Å². The second-order valence-corrected chi connectivity index (χ2v) is 6.28. The Labute approximate surface area is 150 Å². The number of carbonyl (C=O) groups excluding carboxylic acids is 1. The highest BCUT2D eigenvalue weighted by molar-refractivity contribution is 5.94. The van der Waals surface area contributed by atoms with Crippen molar-refractivity contribution in [2.24, 2.45) is 5.92 Å². The molecule has 1 amide bonds. The van der Waals surface area contributed by atoms with E-state index in [0.717, 1.165) is 5.69 Å². The summed E-state index contributed by atoms with van der Waals surface area (Å²) < 4.78 is 7.04. The molecule has 1 aromatic carbocycles. The van der Waals surface area contributed by atoms with Gasteiger partial charge in [0.25, 0.3) is 5.91 Å². The van der Waals surface area contributed by atoms with Gasteiger partial charge in [-0.15, -0.1) is 0 Å². The van der Waals surface area contributed by atoms with Gasteiger partial charge >= 0.3 is 0 Å². The molecule has 0 saturated carbocycles. The fourth-order valence-corrected chi connectivity index (χ4v) is 3.11. The van der Waals surface area contributed by atoms with Gasteiger partial charge in [0.2, 0.25) is 0 Å². The lowest BCUT2D eigenvalue weighted by atomic mass is 10.1. The minimum atomic E-state index is -0.215. The van der Waals surface area contributed by atoms with Crippen LogP contribution in [0.4, 0.5) is 0 Å². The van der Waals surface area contributed by atoms with E-state index in [2.05, 4.69) is 10.4 Å². The Kier molecular flexibility index (Phi) is 4.41. The summed E-state index contributed by atoms with van der Waals surface area (Å²) in [5, 5.41) is 16.8. The largest absolute Gasteiger partial charge is 0.463 e. The van der Waals surface area contributed by atoms with Crippen LogP contribution < -0.4 is 5.32 Å². The number of carbonyl (C=O) groups is 1. The Balaban J connectivity index is 1.65. The SMILES string of the molecule is O=C(N[C@@H]1C=C[C@H](CO)C1)c1cc(-c2ccco2)nn1-c1ccccc1. The molecule has 3 aromatic rings. The molecule has 132 valence electrons. The summed E-state index contributed by atoms with van der Waals surface area (Å²) in [4.78, 5) is 12.9. The first kappa shape index (κ1) is 16.4. The van der Waals surface area contributed by atoms with Crippen molar-refractivity contribution in [3.05, 3.63) is 72.6 Å². The molecule has 0 unspecified atom stereocenters. The molecule has 2 atom stereocenters. The number of hydrogen-bond acceptors (Lipinski definition) is 4. The second kappa shape index (κ2) is 7.01. The zero-order valence-electron chi connectivity index (χ0n) is 14.1. The highest BCUT2D eigenvalue weighted by Gasteiger charge is 2.24. The van der Waals surface area contributed by atoms with E-state index in [4.69, 9.17) is 4.42 Å². The molecule has 1 aliphatic carbocycles. The smallest absolute Gasteiger partial charge is 0.270 e. The Morgan fingerprint density at radius 3 is 2.77 bits per heavy atom. The van der Waals surface area contributed by atoms with E-state index in [0.29, 0.717) is 23.6 Å². The number of nitrogens with zero attached hydrogens (tertiary/aromatic N) is 2. The van der Waals surface area contributed by atoms with Crippen molar-refractivity contribution >= 4 is 5.91 Å². The third-order valence-corrected chi connectivity index (χ3v) is 4.44. The lowest BCUT2D eigenvalue weighted by molar-refractivity contribution is 0.0933. The number of nitrogens with one attached hydrogen (secondary N) is 1. The molecule has 26 heavy (non-hydrogen) atoms. The van der Waals surface area contributed by atoms with Gasteiger partial charge in [-0.05, 0) is 30.7 Å². The standard InChI is InChI=1S/C20H19N3O3/c24-13-14-8-9-15(11-14)21-20(25)18-12-17(19-7-4-10-26-19)22-23(18)16-5-2-1-3-6-16/h1-10,12,14-15,24H,11,13H2,(H,21,25)/t14-,15+/m0/s1. The van der Waals surface area contributed by atoms with Crippen LogP contribution in [0.15, 0.2) is 71.4 Å². The summed E-state index contributed by atoms with van der Waals surface area (Å²) in [6.07, 6.45) is 6.14. The summed E-state index contributed by atoms with van der Waals surface area (Å²) in [5.74, 6) is 0.486. The van der Waals surface area contributed by atoms with Gasteiger partial charge in [-0.3, -0.25) is 4.79 Å². The zero-order chi connectivity index (χ0) is 17.9. The van der Waals surface area contributed by atoms with Gasteiger partial charge in [0.15, 0.2) is 5.76 Å². The van der Waals surface area contributed by atoms with Crippen molar-refractivity contribution in [3.8, 4) is 17.1 Å². The third kappa shape index (κ3) is 3.19. The number of aliphatic hydroxyl groups excluding tert-OH is 1. The van der Waals surface area contributed by atoms with Crippen LogP contribution in [0.1, 0.15) is 16.9 Å². The molecule has 4 rings (SSSR count). The highest BCUT2D eigenvalue weighted by atomic mass is 16.3. The maximum atomic E-state index is 12.9. The van der Waals surface area contributed by atoms with Gasteiger partial charge in [0.05, 0.1) is 12.0 Å². The first-order valence-electron chi connectivity index (χ1n) is 8.54. The number of aliphatic hydroxyl groups is 1. The van der Waals surface area contributed by atoms with Crippen LogP contribution in [-0.4, -0.2) is 33.4 Å². The first-order valence-corrected chi connectivity index (χ1v) is 8.54. The number of para-hydroxylation sites is 1. The van der Waals surface area contributed by atoms with Gasteiger partial charge in [0.1, 0.15) is 11.4 Å². The topological polar surface area (TPSA) is 80.3 Å². The molecule has 0 bridgehead atoms. The Bertz CT molecular complexity index is 913. The van der Waals surface area contributed by atoms with Crippen LogP contribution in [0.25, 0.3) is 17.1 Å². The fourth-order valence-electron chi connectivity index (χ4n) is 3.11. The highest BCUT2D eigenvalue weighted by Crippen LogP contribution is 2.23. The van der Waals surface area contributed by atoms with Gasteiger partial charge in [-0.1, -0.05) is 30.4 Å². The van der Waals surface area contributed by atoms with E-state index >= 15 is 0 Å². The van der Waals surface area contributed by atoms with Crippen molar-refractivity contribution < 1.29 is 14.3 Å². The third-order valence-electron chi connectivity index (χ3n) is 4.44. The fraction of sp³-hybridized carbons (Fsp3) is 0.200. The maximum Gasteiger partial charge on any atom is 0.270 e. The second-order valence-electron chi connectivity index (χ2n) is 6.28. The molecule has 0 aliphatic heterocycles. The van der Waals surface area contributed by atoms with Crippen molar-refractivity contribution in [2.45, 2.75) is 12.5 Å². The number of rotatable bonds is 5. The molecule has 0 fully saturated rings. The van der Waals surface area contributed by atoms with Crippen LogP contribution in [0, 0.1) is 5.92 Å². The number of aromatic nitrogens is 2. The summed E-state index contributed by atoms with van der Waals surface area (Å²) in [7, 11) is 0. The van der Waals surface area contributed by atoms with Crippen LogP contribution in [0.3, 0.4) is 0 Å². The number of benzene rings is 1. The minimum absolute atomic E-state index is 0.0907. The van der Waals surface area contributed by atoms with E-state index in [9.17, 15) is 9.90 Å². The average Bonchev–Trinajstić information content (AvgIpc) is 3.41. The zero-order valence-corrected chi connectivity index (χ0v) is 14.1. The van der Waals surface area contributed by atoms with Gasteiger partial charge in [-0.2, -0.15) is 5.10 Å². The van der Waals surface area contributed by atoms with Crippen molar-refractivity contribution in [1.29, 1.82) is 0 Å². The molecule has 0 spiro atoms. The minimum Gasteiger partial charge on any atom is -0.463 e. The molecule has 2 heterocycles. The van der Waals surface area contributed by atoms with Crippen LogP contribution in [0.2, 0.25) is 0 Å². The van der Waals surface area contributed by atoms with Crippen LogP contribution in [-0.2, 0) is 0 Å². The number of furan rings is 1. The molecular formula is C20H19N3O3. The van der Waals surface area contributed by atoms with Crippen LogP contribution in [0.5, 0.6) is 0 Å². The Hall–Kier alpha value is -3.12. The number of hydrogen-bond donors (Lipinski definition) is 2. The maximum absolute atomic E-state index is 12.9. The predicted molar refractivity (Wildman–Crippen MR) is 96.9 cm³/mol. The van der Waals surface area contributed by atoms with Gasteiger partial charge in [-0.25, -0.2) is 4.68 Å². The molecule has 1 aliphatic rings. The molecule has 2 N–H and O–H groups in total. The lowest BCUT2D eigenvalue weighted by Crippen LogP contribution is -2.34. The molecule has 6 heteroatoms. The van der Waals surface area contributed by atoms with E-state index in [1.807, 2.05) is 48.6 Å². The van der Waals surface area contributed by atoms with E-state index in [-0.39, 0.29) is 24.5 Å². The van der Waals surface area contributed by atoms with E-state index < -0.39 is 0 Å². The predicted octanol–water partition coefficient (Wildman–Crippen LogP) is 2.80. The van der Waals surface area contributed by atoms with Gasteiger partial charge in [0, 0.05) is 24.6 Å². The molecule has 6 nitrogen and oxygen atoms in total. The Morgan fingerprint density at radius 1 is 1.23 bits per heavy atom. The van der Waals surface area contributed by atoms with E-state index in [1.54, 1.807) is 23.1 Å². The van der Waals surface area contributed by atoms with Crippen molar-refractivity contribution in [3.63, 3.8) is 0 Å². The lowest BCUT2D eigenvalue weighted by Gasteiger charge is -2.13. The first-order chi connectivity index (χ1) is 12.7. The van der Waals surface area contributed by atoms with Crippen molar-refractivity contribution in [1.82, 2.24) is 15.1 Å². The molecule has 2 aromatic heterocycles. The van der Waals surface area contributed by atoms with E-state index in [1.165, 1.54) is 0 Å². The molecule has 0 saturated heterocycles. The summed E-state index contributed by atoms with van der Waals surface area (Å²) in [5.41, 5.74) is 1.83.